The molecule has 0 bridgehead atoms. The fraction of sp³-hybridized carbons (Fsp3) is 0.133. The molecule has 3 rings (SSSR count). The van der Waals surface area contributed by atoms with Crippen molar-refractivity contribution >= 4 is 11.6 Å². The molecule has 0 aliphatic carbocycles. The van der Waals surface area contributed by atoms with Gasteiger partial charge >= 0.3 is 0 Å². The third-order valence-electron chi connectivity index (χ3n) is 2.97. The first-order valence-electron chi connectivity index (χ1n) is 6.15. The maximum Gasteiger partial charge on any atom is 0.231 e. The van der Waals surface area contributed by atoms with E-state index in [-0.39, 0.29) is 24.9 Å². The van der Waals surface area contributed by atoms with Crippen LogP contribution in [-0.4, -0.2) is 12.7 Å². The molecule has 0 fully saturated rings. The Kier molecular flexibility index (Phi) is 3.25. The highest BCUT2D eigenvalue weighted by molar-refractivity contribution is 5.92. The number of nitrogens with one attached hydrogen (secondary N) is 1. The summed E-state index contributed by atoms with van der Waals surface area (Å²) in [5.41, 5.74) is 0.960. The lowest BCUT2D eigenvalue weighted by atomic mass is 10.1. The average Bonchev–Trinajstić information content (AvgIpc) is 2.89. The van der Waals surface area contributed by atoms with Crippen molar-refractivity contribution in [2.75, 3.05) is 12.1 Å². The van der Waals surface area contributed by atoms with Gasteiger partial charge in [-0.1, -0.05) is 18.2 Å². The van der Waals surface area contributed by atoms with Crippen LogP contribution in [0.3, 0.4) is 0 Å². The number of benzene rings is 2. The highest BCUT2D eigenvalue weighted by Gasteiger charge is 2.14. The van der Waals surface area contributed by atoms with E-state index in [1.807, 2.05) is 0 Å². The number of hydrogen-bond acceptors (Lipinski definition) is 3. The van der Waals surface area contributed by atoms with Crippen molar-refractivity contribution in [2.24, 2.45) is 0 Å². The lowest BCUT2D eigenvalue weighted by Crippen LogP contribution is -2.15. The van der Waals surface area contributed by atoms with E-state index >= 15 is 0 Å². The quantitative estimate of drug-likeness (QED) is 0.935. The third kappa shape index (κ3) is 2.56. The first kappa shape index (κ1) is 12.5. The van der Waals surface area contributed by atoms with E-state index in [9.17, 15) is 9.18 Å². The molecule has 5 heteroatoms. The van der Waals surface area contributed by atoms with Gasteiger partial charge in [-0.25, -0.2) is 4.39 Å². The minimum absolute atomic E-state index is 0.0128. The second-order valence-electron chi connectivity index (χ2n) is 4.38. The Balaban J connectivity index is 1.69. The number of amides is 1. The number of hydrogen-bond donors (Lipinski definition) is 1. The van der Waals surface area contributed by atoms with Crippen molar-refractivity contribution in [2.45, 2.75) is 6.42 Å². The van der Waals surface area contributed by atoms with E-state index in [0.717, 1.165) is 0 Å². The van der Waals surface area contributed by atoms with Crippen molar-refractivity contribution in [3.63, 3.8) is 0 Å². The first-order valence-corrected chi connectivity index (χ1v) is 6.15. The van der Waals surface area contributed by atoms with Crippen molar-refractivity contribution in [1.82, 2.24) is 0 Å². The Morgan fingerprint density at radius 3 is 2.80 bits per heavy atom. The summed E-state index contributed by atoms with van der Waals surface area (Å²) < 4.78 is 23.9. The molecule has 0 saturated heterocycles. The number of rotatable bonds is 3. The molecule has 1 aliphatic heterocycles. The molecule has 0 saturated carbocycles. The monoisotopic (exact) mass is 273 g/mol. The van der Waals surface area contributed by atoms with Crippen LogP contribution in [0.15, 0.2) is 42.5 Å². The van der Waals surface area contributed by atoms with Gasteiger partial charge in [0.05, 0.1) is 6.42 Å². The van der Waals surface area contributed by atoms with Crippen LogP contribution in [0, 0.1) is 5.82 Å². The molecule has 20 heavy (non-hydrogen) atoms. The molecule has 0 radical (unpaired) electrons. The van der Waals surface area contributed by atoms with Gasteiger partial charge in [-0.2, -0.15) is 0 Å². The summed E-state index contributed by atoms with van der Waals surface area (Å²) in [5, 5.41) is 2.71. The molecule has 0 atom stereocenters. The lowest BCUT2D eigenvalue weighted by molar-refractivity contribution is -0.115. The number of carbonyl (C=O) groups is 1. The van der Waals surface area contributed by atoms with Gasteiger partial charge in [0.25, 0.3) is 0 Å². The fourth-order valence-corrected chi connectivity index (χ4v) is 1.99. The Morgan fingerprint density at radius 2 is 1.95 bits per heavy atom. The van der Waals surface area contributed by atoms with Crippen LogP contribution in [0.5, 0.6) is 11.5 Å². The molecule has 4 nitrogen and oxygen atoms in total. The number of halogens is 1. The zero-order chi connectivity index (χ0) is 13.9. The van der Waals surface area contributed by atoms with Crippen LogP contribution < -0.4 is 14.8 Å². The number of ether oxygens (including phenoxy) is 2. The molecule has 0 unspecified atom stereocenters. The summed E-state index contributed by atoms with van der Waals surface area (Å²) in [6.07, 6.45) is -0.0128. The Hall–Kier alpha value is -2.56. The third-order valence-corrected chi connectivity index (χ3v) is 2.97. The van der Waals surface area contributed by atoms with Crippen molar-refractivity contribution in [3.8, 4) is 11.5 Å². The van der Waals surface area contributed by atoms with Gasteiger partial charge in [0.1, 0.15) is 5.82 Å². The lowest BCUT2D eigenvalue weighted by Gasteiger charge is -2.06. The van der Waals surface area contributed by atoms with E-state index in [0.29, 0.717) is 22.7 Å². The standard InChI is InChI=1S/C15H12FNO3/c16-12-4-2-1-3-10(12)7-15(18)17-11-5-6-13-14(8-11)20-9-19-13/h1-6,8H,7,9H2,(H,17,18). The average molecular weight is 273 g/mol. The largest absolute Gasteiger partial charge is 0.454 e. The van der Waals surface area contributed by atoms with Crippen molar-refractivity contribution in [1.29, 1.82) is 0 Å². The number of fused-ring (bicyclic) bond motifs is 1. The van der Waals surface area contributed by atoms with E-state index in [2.05, 4.69) is 5.32 Å². The fourth-order valence-electron chi connectivity index (χ4n) is 1.99. The molecule has 1 heterocycles. The topological polar surface area (TPSA) is 47.6 Å². The zero-order valence-electron chi connectivity index (χ0n) is 10.6. The van der Waals surface area contributed by atoms with E-state index in [1.54, 1.807) is 36.4 Å². The van der Waals surface area contributed by atoms with Gasteiger partial charge in [0.2, 0.25) is 12.7 Å². The van der Waals surface area contributed by atoms with E-state index < -0.39 is 0 Å². The second-order valence-corrected chi connectivity index (χ2v) is 4.38. The maximum atomic E-state index is 13.5. The van der Waals surface area contributed by atoms with Crippen LogP contribution >= 0.6 is 0 Å². The normalized spacial score (nSPS) is 12.2. The molecule has 0 spiro atoms. The zero-order valence-corrected chi connectivity index (χ0v) is 10.6. The molecule has 1 amide bonds. The summed E-state index contributed by atoms with van der Waals surface area (Å²) in [4.78, 5) is 11.9. The van der Waals surface area contributed by atoms with E-state index in [1.165, 1.54) is 6.07 Å². The molecule has 102 valence electrons. The van der Waals surface area contributed by atoms with E-state index in [4.69, 9.17) is 9.47 Å². The van der Waals surface area contributed by atoms with Gasteiger partial charge in [0, 0.05) is 11.8 Å². The van der Waals surface area contributed by atoms with Crippen LogP contribution in [0.4, 0.5) is 10.1 Å². The molecular weight excluding hydrogens is 261 g/mol. The summed E-state index contributed by atoms with van der Waals surface area (Å²) in [7, 11) is 0. The van der Waals surface area contributed by atoms with Crippen LogP contribution in [-0.2, 0) is 11.2 Å². The number of carbonyl (C=O) groups excluding carboxylic acids is 1. The highest BCUT2D eigenvalue weighted by atomic mass is 19.1. The van der Waals surface area contributed by atoms with Gasteiger partial charge in [-0.3, -0.25) is 4.79 Å². The molecular formula is C15H12FNO3. The summed E-state index contributed by atoms with van der Waals surface area (Å²) in [5.74, 6) is 0.577. The Morgan fingerprint density at radius 1 is 1.15 bits per heavy atom. The SMILES string of the molecule is O=C(Cc1ccccc1F)Nc1ccc2c(c1)OCO2. The summed E-state index contributed by atoms with van der Waals surface area (Å²) in [6.45, 7) is 0.182. The smallest absolute Gasteiger partial charge is 0.231 e. The molecule has 0 aromatic heterocycles. The molecule has 2 aromatic rings. The summed E-state index contributed by atoms with van der Waals surface area (Å²) in [6, 6.07) is 11.3. The van der Waals surface area contributed by atoms with Gasteiger partial charge in [-0.05, 0) is 23.8 Å². The predicted molar refractivity (Wildman–Crippen MR) is 71.3 cm³/mol. The maximum absolute atomic E-state index is 13.5. The first-order chi connectivity index (χ1) is 9.72. The number of anilines is 1. The van der Waals surface area contributed by atoms with Crippen LogP contribution in [0.25, 0.3) is 0 Å². The van der Waals surface area contributed by atoms with Gasteiger partial charge in [-0.15, -0.1) is 0 Å². The van der Waals surface area contributed by atoms with Gasteiger partial charge < -0.3 is 14.8 Å². The molecule has 1 aliphatic rings. The Labute approximate surface area is 115 Å². The molecule has 1 N–H and O–H groups in total. The Bertz CT molecular complexity index is 657. The predicted octanol–water partition coefficient (Wildman–Crippen LogP) is 2.74. The summed E-state index contributed by atoms with van der Waals surface area (Å²) >= 11 is 0. The second kappa shape index (κ2) is 5.21. The minimum Gasteiger partial charge on any atom is -0.454 e. The minimum atomic E-state index is -0.381. The van der Waals surface area contributed by atoms with Crippen molar-refractivity contribution < 1.29 is 18.7 Å². The van der Waals surface area contributed by atoms with Crippen LogP contribution in [0.2, 0.25) is 0 Å². The van der Waals surface area contributed by atoms with Crippen LogP contribution in [0.1, 0.15) is 5.56 Å². The highest BCUT2D eigenvalue weighted by Crippen LogP contribution is 2.34. The van der Waals surface area contributed by atoms with Crippen molar-refractivity contribution in [3.05, 3.63) is 53.8 Å². The molecule has 2 aromatic carbocycles. The van der Waals surface area contributed by atoms with Gasteiger partial charge in [0.15, 0.2) is 11.5 Å².